The number of hydrogen-bond donors (Lipinski definition) is 1. The molecule has 2 aromatic heterocycles. The van der Waals surface area contributed by atoms with Crippen molar-refractivity contribution in [2.45, 2.75) is 13.3 Å². The Morgan fingerprint density at radius 1 is 1.26 bits per heavy atom. The van der Waals surface area contributed by atoms with Gasteiger partial charge in [-0.15, -0.1) is 35.3 Å². The molecular weight excluding hydrogens is 543 g/mol. The van der Waals surface area contributed by atoms with Crippen molar-refractivity contribution in [3.8, 4) is 0 Å². The molecule has 1 saturated heterocycles. The second-order valence-electron chi connectivity index (χ2n) is 5.95. The van der Waals surface area contributed by atoms with Crippen LogP contribution in [-0.4, -0.2) is 60.9 Å². The lowest BCUT2D eigenvalue weighted by atomic mass is 10.3. The number of halogens is 2. The lowest BCUT2D eigenvalue weighted by Crippen LogP contribution is -2.53. The summed E-state index contributed by atoms with van der Waals surface area (Å²) in [4.78, 5) is 22.5. The molecule has 0 atom stereocenters. The standard InChI is InChI=1S/C18H23BrN4O2S.HI/c1-2-20-18(21-8-7-14-5-6-16(19)26-14)23-11-9-22(10-12-23)17(24)15-4-3-13-25-15;/h3-6,13H,2,7-12H2,1H3,(H,20,21);1H. The topological polar surface area (TPSA) is 61.1 Å². The molecule has 9 heteroatoms. The van der Waals surface area contributed by atoms with Gasteiger partial charge in [-0.3, -0.25) is 9.79 Å². The zero-order chi connectivity index (χ0) is 18.4. The van der Waals surface area contributed by atoms with E-state index in [1.165, 1.54) is 11.1 Å². The average Bonchev–Trinajstić information content (AvgIpc) is 3.32. The molecule has 0 radical (unpaired) electrons. The number of carbonyl (C=O) groups is 1. The van der Waals surface area contributed by atoms with Crippen LogP contribution in [0.1, 0.15) is 22.4 Å². The first-order chi connectivity index (χ1) is 12.7. The number of hydrogen-bond acceptors (Lipinski definition) is 4. The maximum Gasteiger partial charge on any atom is 0.289 e. The van der Waals surface area contributed by atoms with Crippen LogP contribution in [0.3, 0.4) is 0 Å². The second-order valence-corrected chi connectivity index (χ2v) is 8.50. The fraction of sp³-hybridized carbons (Fsp3) is 0.444. The fourth-order valence-electron chi connectivity index (χ4n) is 2.86. The minimum atomic E-state index is -0.0418. The Hall–Kier alpha value is -1.07. The van der Waals surface area contributed by atoms with Gasteiger partial charge >= 0.3 is 0 Å². The Labute approximate surface area is 189 Å². The van der Waals surface area contributed by atoms with Crippen LogP contribution in [-0.2, 0) is 6.42 Å². The van der Waals surface area contributed by atoms with Crippen molar-refractivity contribution >= 4 is 63.1 Å². The van der Waals surface area contributed by atoms with Gasteiger partial charge < -0.3 is 19.5 Å². The fourth-order valence-corrected chi connectivity index (χ4v) is 4.33. The normalized spacial score (nSPS) is 14.8. The second kappa shape index (κ2) is 11.1. The minimum Gasteiger partial charge on any atom is -0.459 e. The molecular formula is C18H24BrIN4O2S. The van der Waals surface area contributed by atoms with Crippen molar-refractivity contribution < 1.29 is 9.21 Å². The van der Waals surface area contributed by atoms with E-state index in [0.29, 0.717) is 18.8 Å². The van der Waals surface area contributed by atoms with Gasteiger partial charge in [0.2, 0.25) is 0 Å². The molecule has 0 spiro atoms. The van der Waals surface area contributed by atoms with Crippen LogP contribution in [0.4, 0.5) is 0 Å². The summed E-state index contributed by atoms with van der Waals surface area (Å²) in [6.07, 6.45) is 2.47. The highest BCUT2D eigenvalue weighted by atomic mass is 127. The Morgan fingerprint density at radius 2 is 2.00 bits per heavy atom. The van der Waals surface area contributed by atoms with Gasteiger partial charge in [-0.25, -0.2) is 0 Å². The molecule has 148 valence electrons. The molecule has 3 heterocycles. The van der Waals surface area contributed by atoms with E-state index in [4.69, 9.17) is 9.41 Å². The monoisotopic (exact) mass is 566 g/mol. The van der Waals surface area contributed by atoms with Crippen LogP contribution in [0.25, 0.3) is 0 Å². The molecule has 27 heavy (non-hydrogen) atoms. The summed E-state index contributed by atoms with van der Waals surface area (Å²) in [5, 5.41) is 3.36. The minimum absolute atomic E-state index is 0. The predicted octanol–water partition coefficient (Wildman–Crippen LogP) is 3.69. The van der Waals surface area contributed by atoms with E-state index >= 15 is 0 Å². The van der Waals surface area contributed by atoms with Gasteiger partial charge in [0.25, 0.3) is 5.91 Å². The molecule has 1 N–H and O–H groups in total. The molecule has 2 aromatic rings. The van der Waals surface area contributed by atoms with E-state index in [-0.39, 0.29) is 29.9 Å². The number of carbonyl (C=O) groups excluding carboxylic acids is 1. The van der Waals surface area contributed by atoms with Crippen molar-refractivity contribution in [2.24, 2.45) is 4.99 Å². The van der Waals surface area contributed by atoms with Crippen LogP contribution >= 0.6 is 51.2 Å². The number of furan rings is 1. The maximum absolute atomic E-state index is 12.4. The quantitative estimate of drug-likeness (QED) is 0.341. The predicted molar refractivity (Wildman–Crippen MR) is 123 cm³/mol. The average molecular weight is 567 g/mol. The molecule has 6 nitrogen and oxygen atoms in total. The number of thiophene rings is 1. The Bertz CT molecular complexity index is 742. The first kappa shape index (κ1) is 22.2. The summed E-state index contributed by atoms with van der Waals surface area (Å²) in [7, 11) is 0. The summed E-state index contributed by atoms with van der Waals surface area (Å²) in [6, 6.07) is 7.66. The largest absolute Gasteiger partial charge is 0.459 e. The summed E-state index contributed by atoms with van der Waals surface area (Å²) in [5.74, 6) is 1.29. The van der Waals surface area contributed by atoms with Crippen molar-refractivity contribution in [2.75, 3.05) is 39.3 Å². The molecule has 0 unspecified atom stereocenters. The number of guanidine groups is 1. The lowest BCUT2D eigenvalue weighted by molar-refractivity contribution is 0.0657. The number of piperazine rings is 1. The van der Waals surface area contributed by atoms with E-state index in [9.17, 15) is 4.79 Å². The van der Waals surface area contributed by atoms with Crippen LogP contribution in [0.2, 0.25) is 0 Å². The molecule has 3 rings (SSSR count). The van der Waals surface area contributed by atoms with Crippen molar-refractivity contribution in [3.63, 3.8) is 0 Å². The van der Waals surface area contributed by atoms with Crippen LogP contribution in [0.15, 0.2) is 43.7 Å². The van der Waals surface area contributed by atoms with Crippen LogP contribution in [0, 0.1) is 0 Å². The summed E-state index contributed by atoms with van der Waals surface area (Å²) < 4.78 is 6.37. The zero-order valence-corrected chi connectivity index (χ0v) is 19.9. The number of aliphatic imine (C=N–C) groups is 1. The Kier molecular flexibility index (Phi) is 9.10. The highest BCUT2D eigenvalue weighted by Crippen LogP contribution is 2.22. The van der Waals surface area contributed by atoms with E-state index in [0.717, 1.165) is 42.3 Å². The van der Waals surface area contributed by atoms with E-state index < -0.39 is 0 Å². The van der Waals surface area contributed by atoms with Crippen molar-refractivity contribution in [1.82, 2.24) is 15.1 Å². The van der Waals surface area contributed by atoms with Gasteiger partial charge in [-0.1, -0.05) is 0 Å². The number of nitrogens with one attached hydrogen (secondary N) is 1. The van der Waals surface area contributed by atoms with Gasteiger partial charge in [0.05, 0.1) is 10.0 Å². The first-order valence-electron chi connectivity index (χ1n) is 8.77. The summed E-state index contributed by atoms with van der Waals surface area (Å²) >= 11 is 5.25. The third kappa shape index (κ3) is 6.21. The maximum atomic E-state index is 12.4. The highest BCUT2D eigenvalue weighted by molar-refractivity contribution is 14.0. The molecule has 0 aliphatic carbocycles. The number of amides is 1. The Morgan fingerprint density at radius 3 is 2.59 bits per heavy atom. The first-order valence-corrected chi connectivity index (χ1v) is 10.4. The number of nitrogens with zero attached hydrogens (tertiary/aromatic N) is 3. The van der Waals surface area contributed by atoms with E-state index in [2.05, 4.69) is 45.2 Å². The summed E-state index contributed by atoms with van der Waals surface area (Å²) in [5.41, 5.74) is 0. The van der Waals surface area contributed by atoms with Crippen molar-refractivity contribution in [3.05, 3.63) is 45.0 Å². The van der Waals surface area contributed by atoms with E-state index in [1.807, 2.05) is 4.90 Å². The van der Waals surface area contributed by atoms with Crippen LogP contribution in [0.5, 0.6) is 0 Å². The van der Waals surface area contributed by atoms with Gasteiger partial charge in [0.1, 0.15) is 0 Å². The van der Waals surface area contributed by atoms with Crippen LogP contribution < -0.4 is 5.32 Å². The molecule has 0 bridgehead atoms. The molecule has 0 aromatic carbocycles. The van der Waals surface area contributed by atoms with Gasteiger partial charge in [0.15, 0.2) is 11.7 Å². The third-order valence-corrected chi connectivity index (χ3v) is 5.87. The lowest BCUT2D eigenvalue weighted by Gasteiger charge is -2.36. The molecule has 1 aliphatic heterocycles. The van der Waals surface area contributed by atoms with Crippen molar-refractivity contribution in [1.29, 1.82) is 0 Å². The molecule has 1 amide bonds. The zero-order valence-electron chi connectivity index (χ0n) is 15.2. The van der Waals surface area contributed by atoms with Gasteiger partial charge in [-0.2, -0.15) is 0 Å². The number of rotatable bonds is 5. The Balaban J connectivity index is 0.00000261. The highest BCUT2D eigenvalue weighted by Gasteiger charge is 2.25. The third-order valence-electron chi connectivity index (χ3n) is 4.18. The molecule has 0 saturated carbocycles. The van der Waals surface area contributed by atoms with Gasteiger partial charge in [-0.05, 0) is 47.1 Å². The molecule has 1 fully saturated rings. The smallest absolute Gasteiger partial charge is 0.289 e. The van der Waals surface area contributed by atoms with Gasteiger partial charge in [0, 0.05) is 50.6 Å². The van der Waals surface area contributed by atoms with E-state index in [1.54, 1.807) is 23.5 Å². The molecule has 1 aliphatic rings. The SMILES string of the molecule is CCNC(=NCCc1ccc(Br)s1)N1CCN(C(=O)c2ccco2)CC1.I. The summed E-state index contributed by atoms with van der Waals surface area (Å²) in [6.45, 7) is 6.52.